The Morgan fingerprint density at radius 2 is 1.60 bits per heavy atom. The molecule has 0 saturated carbocycles. The lowest BCUT2D eigenvalue weighted by Crippen LogP contribution is -1.95. The molecule has 20 heavy (non-hydrogen) atoms. The maximum Gasteiger partial charge on any atom is 0.211 e. The molecule has 0 aliphatic rings. The Bertz CT molecular complexity index is 577. The van der Waals surface area contributed by atoms with E-state index in [1.54, 1.807) is 38.5 Å². The summed E-state index contributed by atoms with van der Waals surface area (Å²) >= 11 is 12.0. The third kappa shape index (κ3) is 3.11. The molecule has 0 atom stereocenters. The topological polar surface area (TPSA) is 27.7 Å². The van der Waals surface area contributed by atoms with Crippen molar-refractivity contribution in [1.82, 2.24) is 0 Å². The Morgan fingerprint density at radius 3 is 2.10 bits per heavy atom. The molecule has 106 valence electrons. The van der Waals surface area contributed by atoms with Crippen LogP contribution >= 0.6 is 23.2 Å². The second kappa shape index (κ2) is 6.73. The number of benzene rings is 2. The van der Waals surface area contributed by atoms with Gasteiger partial charge in [-0.05, 0) is 29.8 Å². The molecule has 5 heteroatoms. The molecule has 2 aromatic rings. The van der Waals surface area contributed by atoms with Gasteiger partial charge in [-0.15, -0.1) is 11.6 Å². The summed E-state index contributed by atoms with van der Waals surface area (Å²) in [7, 11) is 3.14. The normalized spacial score (nSPS) is 10.2. The van der Waals surface area contributed by atoms with Gasteiger partial charge in [-0.1, -0.05) is 23.7 Å². The number of rotatable bonds is 5. The smallest absolute Gasteiger partial charge is 0.211 e. The van der Waals surface area contributed by atoms with Gasteiger partial charge < -0.3 is 14.2 Å². The summed E-state index contributed by atoms with van der Waals surface area (Å²) < 4.78 is 16.4. The van der Waals surface area contributed by atoms with Gasteiger partial charge in [0.25, 0.3) is 0 Å². The van der Waals surface area contributed by atoms with Gasteiger partial charge in [0.05, 0.1) is 19.2 Å². The molecule has 0 amide bonds. The first-order valence-corrected chi connectivity index (χ1v) is 6.84. The van der Waals surface area contributed by atoms with E-state index in [9.17, 15) is 0 Å². The summed E-state index contributed by atoms with van der Waals surface area (Å²) in [4.78, 5) is 0. The Labute approximate surface area is 128 Å². The number of hydrogen-bond acceptors (Lipinski definition) is 3. The van der Waals surface area contributed by atoms with Crippen LogP contribution in [0.2, 0.25) is 5.02 Å². The van der Waals surface area contributed by atoms with Gasteiger partial charge in [-0.2, -0.15) is 0 Å². The fraction of sp³-hybridized carbons (Fsp3) is 0.200. The van der Waals surface area contributed by atoms with E-state index in [1.165, 1.54) is 0 Å². The lowest BCUT2D eigenvalue weighted by atomic mass is 10.2. The van der Waals surface area contributed by atoms with Gasteiger partial charge in [-0.3, -0.25) is 0 Å². The summed E-state index contributed by atoms with van der Waals surface area (Å²) in [5.41, 5.74) is 0.927. The number of halogens is 2. The first kappa shape index (κ1) is 14.8. The van der Waals surface area contributed by atoms with E-state index in [0.717, 1.165) is 5.56 Å². The number of para-hydroxylation sites is 1. The van der Waals surface area contributed by atoms with Crippen molar-refractivity contribution in [3.8, 4) is 23.0 Å². The molecule has 0 N–H and O–H groups in total. The zero-order chi connectivity index (χ0) is 14.5. The first-order valence-electron chi connectivity index (χ1n) is 5.92. The summed E-state index contributed by atoms with van der Waals surface area (Å²) in [6, 6.07) is 10.8. The SMILES string of the molecule is COc1cccc(OC)c1Oc1ccc(CCl)cc1Cl. The lowest BCUT2D eigenvalue weighted by molar-refractivity contribution is 0.346. The monoisotopic (exact) mass is 312 g/mol. The number of methoxy groups -OCH3 is 2. The van der Waals surface area contributed by atoms with Crippen LogP contribution in [0.25, 0.3) is 0 Å². The molecule has 2 aromatic carbocycles. The minimum Gasteiger partial charge on any atom is -0.493 e. The highest BCUT2D eigenvalue weighted by Crippen LogP contribution is 2.41. The standard InChI is InChI=1S/C15H14Cl2O3/c1-18-13-4-3-5-14(19-2)15(13)20-12-7-6-10(9-16)8-11(12)17/h3-8H,9H2,1-2H3. The molecule has 0 bridgehead atoms. The van der Waals surface area contributed by atoms with E-state index in [4.69, 9.17) is 37.4 Å². The van der Waals surface area contributed by atoms with Crippen LogP contribution in [0, 0.1) is 0 Å². The quantitative estimate of drug-likeness (QED) is 0.736. The van der Waals surface area contributed by atoms with Crippen molar-refractivity contribution in [1.29, 1.82) is 0 Å². The van der Waals surface area contributed by atoms with Crippen LogP contribution in [0.1, 0.15) is 5.56 Å². The predicted molar refractivity (Wildman–Crippen MR) is 80.6 cm³/mol. The molecule has 0 saturated heterocycles. The fourth-order valence-corrected chi connectivity index (χ4v) is 2.15. The molecule has 0 unspecified atom stereocenters. The minimum atomic E-state index is 0.401. The number of alkyl halides is 1. The molecule has 0 heterocycles. The van der Waals surface area contributed by atoms with Crippen LogP contribution in [0.5, 0.6) is 23.0 Å². The van der Waals surface area contributed by atoms with Gasteiger partial charge in [0.15, 0.2) is 11.5 Å². The summed E-state index contributed by atoms with van der Waals surface area (Å²) in [6.45, 7) is 0. The Hall–Kier alpha value is -1.58. The maximum atomic E-state index is 6.18. The molecular formula is C15H14Cl2O3. The fourth-order valence-electron chi connectivity index (χ4n) is 1.74. The van der Waals surface area contributed by atoms with Gasteiger partial charge >= 0.3 is 0 Å². The van der Waals surface area contributed by atoms with Crippen LogP contribution in [0.15, 0.2) is 36.4 Å². The van der Waals surface area contributed by atoms with E-state index >= 15 is 0 Å². The summed E-state index contributed by atoms with van der Waals surface area (Å²) in [5, 5.41) is 0.483. The second-order valence-electron chi connectivity index (χ2n) is 3.99. The van der Waals surface area contributed by atoms with Crippen molar-refractivity contribution in [2.24, 2.45) is 0 Å². The Balaban J connectivity index is 2.39. The molecule has 0 spiro atoms. The number of hydrogen-bond donors (Lipinski definition) is 0. The highest BCUT2D eigenvalue weighted by Gasteiger charge is 2.14. The van der Waals surface area contributed by atoms with E-state index in [-0.39, 0.29) is 0 Å². The van der Waals surface area contributed by atoms with Crippen LogP contribution in [-0.2, 0) is 5.88 Å². The first-order chi connectivity index (χ1) is 9.69. The van der Waals surface area contributed by atoms with Crippen LogP contribution in [0.3, 0.4) is 0 Å². The Morgan fingerprint density at radius 1 is 0.950 bits per heavy atom. The van der Waals surface area contributed by atoms with Crippen molar-refractivity contribution in [2.45, 2.75) is 5.88 Å². The lowest BCUT2D eigenvalue weighted by Gasteiger charge is -2.14. The average Bonchev–Trinajstić information content (AvgIpc) is 2.49. The van der Waals surface area contributed by atoms with Crippen LogP contribution in [-0.4, -0.2) is 14.2 Å². The van der Waals surface area contributed by atoms with Gasteiger partial charge in [0, 0.05) is 5.88 Å². The van der Waals surface area contributed by atoms with E-state index < -0.39 is 0 Å². The predicted octanol–water partition coefficient (Wildman–Crippen LogP) is 4.89. The van der Waals surface area contributed by atoms with Crippen LogP contribution < -0.4 is 14.2 Å². The summed E-state index contributed by atoms with van der Waals surface area (Å²) in [5.74, 6) is 2.54. The number of ether oxygens (including phenoxy) is 3. The van der Waals surface area contributed by atoms with Crippen molar-refractivity contribution in [3.05, 3.63) is 47.0 Å². The van der Waals surface area contributed by atoms with Crippen LogP contribution in [0.4, 0.5) is 0 Å². The third-order valence-electron chi connectivity index (χ3n) is 2.75. The maximum absolute atomic E-state index is 6.18. The molecule has 0 radical (unpaired) electrons. The molecule has 3 nitrogen and oxygen atoms in total. The van der Waals surface area contributed by atoms with E-state index in [2.05, 4.69) is 0 Å². The van der Waals surface area contributed by atoms with Crippen molar-refractivity contribution in [2.75, 3.05) is 14.2 Å². The van der Waals surface area contributed by atoms with E-state index in [1.807, 2.05) is 12.1 Å². The summed E-state index contributed by atoms with van der Waals surface area (Å²) in [6.07, 6.45) is 0. The average molecular weight is 313 g/mol. The molecule has 0 fully saturated rings. The third-order valence-corrected chi connectivity index (χ3v) is 3.35. The molecule has 0 aliphatic carbocycles. The highest BCUT2D eigenvalue weighted by molar-refractivity contribution is 6.32. The zero-order valence-corrected chi connectivity index (χ0v) is 12.7. The van der Waals surface area contributed by atoms with Gasteiger partial charge in [0.1, 0.15) is 5.75 Å². The van der Waals surface area contributed by atoms with E-state index in [0.29, 0.717) is 33.9 Å². The second-order valence-corrected chi connectivity index (χ2v) is 4.67. The molecular weight excluding hydrogens is 299 g/mol. The Kier molecular flexibility index (Phi) is 4.99. The van der Waals surface area contributed by atoms with Crippen molar-refractivity contribution in [3.63, 3.8) is 0 Å². The largest absolute Gasteiger partial charge is 0.493 e. The van der Waals surface area contributed by atoms with Gasteiger partial charge in [-0.25, -0.2) is 0 Å². The minimum absolute atomic E-state index is 0.401. The molecule has 0 aromatic heterocycles. The zero-order valence-electron chi connectivity index (χ0n) is 11.2. The van der Waals surface area contributed by atoms with Crippen molar-refractivity contribution < 1.29 is 14.2 Å². The molecule has 0 aliphatic heterocycles. The van der Waals surface area contributed by atoms with Gasteiger partial charge in [0.2, 0.25) is 5.75 Å². The highest BCUT2D eigenvalue weighted by atomic mass is 35.5. The molecule has 2 rings (SSSR count). The van der Waals surface area contributed by atoms with Crippen molar-refractivity contribution >= 4 is 23.2 Å².